The van der Waals surface area contributed by atoms with Gasteiger partial charge in [-0.2, -0.15) is 4.98 Å². The SMILES string of the molecule is CCN(c1ccc2c(c1)OCO2)c1nc(NCc2ccc(-c3csnn3)cc2)nc2ccccc12. The minimum Gasteiger partial charge on any atom is -0.454 e. The van der Waals surface area contributed by atoms with Crippen molar-refractivity contribution >= 4 is 39.9 Å². The number of benzene rings is 3. The number of para-hydroxylation sites is 1. The van der Waals surface area contributed by atoms with Gasteiger partial charge in [0.15, 0.2) is 11.5 Å². The lowest BCUT2D eigenvalue weighted by atomic mass is 10.1. The maximum atomic E-state index is 5.60. The average Bonchev–Trinajstić information content (AvgIpc) is 3.60. The summed E-state index contributed by atoms with van der Waals surface area (Å²) in [7, 11) is 0. The van der Waals surface area contributed by atoms with Gasteiger partial charge in [0.05, 0.1) is 5.52 Å². The zero-order valence-corrected chi connectivity index (χ0v) is 19.8. The highest BCUT2D eigenvalue weighted by Gasteiger charge is 2.19. The van der Waals surface area contributed by atoms with Crippen molar-refractivity contribution in [2.45, 2.75) is 13.5 Å². The van der Waals surface area contributed by atoms with E-state index in [0.717, 1.165) is 57.3 Å². The van der Waals surface area contributed by atoms with Gasteiger partial charge in [0.1, 0.15) is 11.5 Å². The number of nitrogens with one attached hydrogen (secondary N) is 1. The molecule has 0 unspecified atom stereocenters. The number of ether oxygens (including phenoxy) is 2. The van der Waals surface area contributed by atoms with Crippen LogP contribution >= 0.6 is 11.5 Å². The largest absolute Gasteiger partial charge is 0.454 e. The van der Waals surface area contributed by atoms with Crippen molar-refractivity contribution in [1.29, 1.82) is 0 Å². The Labute approximate surface area is 206 Å². The molecule has 1 aliphatic heterocycles. The molecular weight excluding hydrogens is 460 g/mol. The Morgan fingerprint density at radius 1 is 0.971 bits per heavy atom. The fourth-order valence-electron chi connectivity index (χ4n) is 4.12. The van der Waals surface area contributed by atoms with E-state index in [0.29, 0.717) is 12.5 Å². The summed E-state index contributed by atoms with van der Waals surface area (Å²) in [5.41, 5.74) is 4.93. The third-order valence-electron chi connectivity index (χ3n) is 5.88. The minimum absolute atomic E-state index is 0.247. The molecule has 2 aromatic heterocycles. The second-order valence-corrected chi connectivity index (χ2v) is 8.62. The van der Waals surface area contributed by atoms with Crippen LogP contribution in [0.15, 0.2) is 72.1 Å². The number of fused-ring (bicyclic) bond motifs is 2. The highest BCUT2D eigenvalue weighted by atomic mass is 32.1. The third kappa shape index (κ3) is 4.22. The summed E-state index contributed by atoms with van der Waals surface area (Å²) in [6.45, 7) is 3.68. The quantitative estimate of drug-likeness (QED) is 0.319. The lowest BCUT2D eigenvalue weighted by molar-refractivity contribution is 0.174. The van der Waals surface area contributed by atoms with E-state index in [2.05, 4.69) is 57.1 Å². The zero-order valence-electron chi connectivity index (χ0n) is 19.0. The first-order valence-corrected chi connectivity index (χ1v) is 12.2. The van der Waals surface area contributed by atoms with E-state index >= 15 is 0 Å². The van der Waals surface area contributed by atoms with E-state index in [-0.39, 0.29) is 6.79 Å². The number of hydrogen-bond donors (Lipinski definition) is 1. The monoisotopic (exact) mass is 482 g/mol. The summed E-state index contributed by atoms with van der Waals surface area (Å²) in [6.07, 6.45) is 0. The maximum Gasteiger partial charge on any atom is 0.231 e. The molecule has 0 fully saturated rings. The molecule has 0 spiro atoms. The molecule has 3 heterocycles. The maximum absolute atomic E-state index is 5.60. The molecule has 5 aromatic rings. The van der Waals surface area contributed by atoms with Crippen LogP contribution in [0, 0.1) is 0 Å². The fraction of sp³-hybridized carbons (Fsp3) is 0.154. The molecule has 0 amide bonds. The molecule has 0 saturated carbocycles. The fourth-order valence-corrected chi connectivity index (χ4v) is 4.58. The van der Waals surface area contributed by atoms with Gasteiger partial charge in [-0.1, -0.05) is 40.9 Å². The van der Waals surface area contributed by atoms with Crippen LogP contribution in [0.2, 0.25) is 0 Å². The number of anilines is 3. The second-order valence-electron chi connectivity index (χ2n) is 8.01. The predicted molar refractivity (Wildman–Crippen MR) is 137 cm³/mol. The van der Waals surface area contributed by atoms with Crippen LogP contribution < -0.4 is 19.7 Å². The van der Waals surface area contributed by atoms with E-state index in [1.807, 2.05) is 41.8 Å². The molecule has 3 aromatic carbocycles. The van der Waals surface area contributed by atoms with Gasteiger partial charge in [0.25, 0.3) is 0 Å². The molecule has 8 nitrogen and oxygen atoms in total. The first-order valence-electron chi connectivity index (χ1n) is 11.3. The summed E-state index contributed by atoms with van der Waals surface area (Å²) in [5, 5.41) is 10.5. The molecule has 6 rings (SSSR count). The van der Waals surface area contributed by atoms with Crippen LogP contribution in [0.5, 0.6) is 11.5 Å². The van der Waals surface area contributed by atoms with Gasteiger partial charge < -0.3 is 19.7 Å². The standard InChI is InChI=1S/C26H22N6O2S/c1-2-32(19-11-12-23-24(13-19)34-16-33-23)25-20-5-3-4-6-21(20)28-26(29-25)27-14-17-7-9-18(10-8-17)22-15-35-31-30-22/h3-13,15H,2,14,16H2,1H3,(H,27,28,29). The first-order chi connectivity index (χ1) is 17.3. The van der Waals surface area contributed by atoms with Crippen molar-refractivity contribution in [1.82, 2.24) is 19.6 Å². The normalized spacial score (nSPS) is 12.1. The molecule has 0 bridgehead atoms. The number of aromatic nitrogens is 4. The van der Waals surface area contributed by atoms with E-state index in [1.165, 1.54) is 11.5 Å². The molecule has 0 atom stereocenters. The molecule has 0 saturated heterocycles. The van der Waals surface area contributed by atoms with E-state index in [1.54, 1.807) is 0 Å². The van der Waals surface area contributed by atoms with Crippen molar-refractivity contribution in [3.63, 3.8) is 0 Å². The molecule has 174 valence electrons. The van der Waals surface area contributed by atoms with Crippen molar-refractivity contribution in [2.24, 2.45) is 0 Å². The van der Waals surface area contributed by atoms with Crippen LogP contribution in [-0.2, 0) is 6.54 Å². The average molecular weight is 483 g/mol. The Morgan fingerprint density at radius 3 is 2.66 bits per heavy atom. The van der Waals surface area contributed by atoms with Crippen molar-refractivity contribution in [2.75, 3.05) is 23.6 Å². The van der Waals surface area contributed by atoms with Gasteiger partial charge in [-0.3, -0.25) is 0 Å². The Morgan fingerprint density at radius 2 is 1.83 bits per heavy atom. The van der Waals surface area contributed by atoms with Gasteiger partial charge in [-0.05, 0) is 48.3 Å². The minimum atomic E-state index is 0.247. The smallest absolute Gasteiger partial charge is 0.231 e. The van der Waals surface area contributed by atoms with Crippen LogP contribution in [0.3, 0.4) is 0 Å². The molecule has 9 heteroatoms. The molecule has 35 heavy (non-hydrogen) atoms. The molecule has 0 radical (unpaired) electrons. The predicted octanol–water partition coefficient (Wildman–Crippen LogP) is 5.65. The number of hydrogen-bond acceptors (Lipinski definition) is 9. The van der Waals surface area contributed by atoms with Gasteiger partial charge in [0.2, 0.25) is 12.7 Å². The Balaban J connectivity index is 1.30. The highest BCUT2D eigenvalue weighted by molar-refractivity contribution is 7.03. The van der Waals surface area contributed by atoms with Gasteiger partial charge >= 0.3 is 0 Å². The topological polar surface area (TPSA) is 85.3 Å². The summed E-state index contributed by atoms with van der Waals surface area (Å²) in [5.74, 6) is 2.92. The first kappa shape index (κ1) is 21.3. The summed E-state index contributed by atoms with van der Waals surface area (Å²) in [6, 6.07) is 22.3. The third-order valence-corrected chi connectivity index (χ3v) is 6.39. The number of rotatable bonds is 7. The molecule has 1 N–H and O–H groups in total. The van der Waals surface area contributed by atoms with Crippen LogP contribution in [0.25, 0.3) is 22.2 Å². The molecular formula is C26H22N6O2S. The molecule has 1 aliphatic rings. The van der Waals surface area contributed by atoms with E-state index < -0.39 is 0 Å². The number of nitrogens with zero attached hydrogens (tertiary/aromatic N) is 5. The zero-order chi connectivity index (χ0) is 23.6. The van der Waals surface area contributed by atoms with Gasteiger partial charge in [-0.15, -0.1) is 5.10 Å². The Bertz CT molecular complexity index is 1470. The van der Waals surface area contributed by atoms with E-state index in [4.69, 9.17) is 19.4 Å². The molecule has 0 aliphatic carbocycles. The van der Waals surface area contributed by atoms with Crippen LogP contribution in [-0.4, -0.2) is 32.9 Å². The lowest BCUT2D eigenvalue weighted by Gasteiger charge is -2.24. The van der Waals surface area contributed by atoms with Gasteiger partial charge in [0, 0.05) is 41.2 Å². The van der Waals surface area contributed by atoms with Crippen LogP contribution in [0.1, 0.15) is 12.5 Å². The summed E-state index contributed by atoms with van der Waals surface area (Å²) in [4.78, 5) is 11.9. The van der Waals surface area contributed by atoms with Crippen LogP contribution in [0.4, 0.5) is 17.5 Å². The Hall–Kier alpha value is -4.24. The second kappa shape index (κ2) is 9.19. The highest BCUT2D eigenvalue weighted by Crippen LogP contribution is 2.38. The summed E-state index contributed by atoms with van der Waals surface area (Å²) >= 11 is 1.35. The van der Waals surface area contributed by atoms with Crippen molar-refractivity contribution < 1.29 is 9.47 Å². The van der Waals surface area contributed by atoms with Gasteiger partial charge in [-0.25, -0.2) is 4.98 Å². The van der Waals surface area contributed by atoms with Crippen molar-refractivity contribution in [3.8, 4) is 22.8 Å². The van der Waals surface area contributed by atoms with E-state index in [9.17, 15) is 0 Å². The Kier molecular flexibility index (Phi) is 5.59. The lowest BCUT2D eigenvalue weighted by Crippen LogP contribution is -2.19. The summed E-state index contributed by atoms with van der Waals surface area (Å²) < 4.78 is 15.0. The van der Waals surface area contributed by atoms with Crippen molar-refractivity contribution in [3.05, 3.63) is 77.7 Å².